The van der Waals surface area contributed by atoms with Crippen LogP contribution in [0.1, 0.15) is 136 Å². The van der Waals surface area contributed by atoms with E-state index in [1.807, 2.05) is 6.92 Å². The summed E-state index contributed by atoms with van der Waals surface area (Å²) in [6, 6.07) is 0. The van der Waals surface area contributed by atoms with Crippen LogP contribution in [0.3, 0.4) is 0 Å². The van der Waals surface area contributed by atoms with Gasteiger partial charge in [0.25, 0.3) is 0 Å². The number of hydrogen-bond acceptors (Lipinski definition) is 12. The molecule has 0 amide bonds. The van der Waals surface area contributed by atoms with E-state index in [2.05, 4.69) is 6.92 Å². The first-order valence-electron chi connectivity index (χ1n) is 17.3. The van der Waals surface area contributed by atoms with Crippen molar-refractivity contribution in [3.8, 4) is 0 Å². The highest BCUT2D eigenvalue weighted by molar-refractivity contribution is 7.47. The molecular weight excluding hydrogens is 623 g/mol. The molecule has 0 aliphatic heterocycles. The van der Waals surface area contributed by atoms with Crippen LogP contribution in [0.5, 0.6) is 0 Å². The van der Waals surface area contributed by atoms with Crippen molar-refractivity contribution in [1.82, 2.24) is 0 Å². The average Bonchev–Trinajstić information content (AvgIpc) is 3.03. The first kappa shape index (κ1) is 42.9. The third kappa shape index (κ3) is 18.4. The molecule has 14 heteroatoms. The summed E-state index contributed by atoms with van der Waals surface area (Å²) in [5.74, 6) is -1.12. The molecule has 1 aliphatic rings. The molecule has 0 aromatic heterocycles. The molecule has 0 saturated heterocycles. The van der Waals surface area contributed by atoms with Crippen LogP contribution >= 0.6 is 7.82 Å². The Labute approximate surface area is 274 Å². The van der Waals surface area contributed by atoms with Crippen LogP contribution in [0.4, 0.5) is 0 Å². The quantitative estimate of drug-likeness (QED) is 0.0407. The lowest BCUT2D eigenvalue weighted by molar-refractivity contribution is -0.220. The monoisotopic (exact) mass is 684 g/mol. The molecule has 13 nitrogen and oxygen atoms in total. The van der Waals surface area contributed by atoms with Gasteiger partial charge in [-0.3, -0.25) is 18.6 Å². The van der Waals surface area contributed by atoms with Crippen molar-refractivity contribution in [3.05, 3.63) is 0 Å². The molecule has 272 valence electrons. The van der Waals surface area contributed by atoms with Gasteiger partial charge in [-0.2, -0.15) is 0 Å². The number of aliphatic hydroxyl groups is 5. The van der Waals surface area contributed by atoms with Crippen molar-refractivity contribution in [1.29, 1.82) is 0 Å². The molecule has 1 rings (SSSR count). The number of carbonyl (C=O) groups is 2. The van der Waals surface area contributed by atoms with E-state index < -0.39 is 75.7 Å². The van der Waals surface area contributed by atoms with Gasteiger partial charge in [0.1, 0.15) is 43.2 Å². The molecule has 1 aliphatic carbocycles. The number of ether oxygens (including phenoxy) is 2. The molecule has 1 saturated carbocycles. The maximum absolute atomic E-state index is 12.6. The highest BCUT2D eigenvalue weighted by Crippen LogP contribution is 2.47. The summed E-state index contributed by atoms with van der Waals surface area (Å²) in [7, 11) is -5.09. The zero-order valence-corrected chi connectivity index (χ0v) is 28.8. The Kier molecular flexibility index (Phi) is 23.2. The number of phosphoric ester groups is 1. The number of unbranched alkanes of at least 4 members (excludes halogenated alkanes) is 15. The van der Waals surface area contributed by atoms with Gasteiger partial charge < -0.3 is 39.9 Å². The maximum atomic E-state index is 12.6. The minimum Gasteiger partial charge on any atom is -0.462 e. The molecule has 6 N–H and O–H groups in total. The second-order valence-corrected chi connectivity index (χ2v) is 13.8. The van der Waals surface area contributed by atoms with Crippen LogP contribution in [0, 0.1) is 0 Å². The van der Waals surface area contributed by atoms with Crippen molar-refractivity contribution in [2.24, 2.45) is 0 Å². The summed E-state index contributed by atoms with van der Waals surface area (Å²) in [5.41, 5.74) is 0. The molecule has 6 unspecified atom stereocenters. The first-order chi connectivity index (χ1) is 21.9. The number of hydrogen-bond donors (Lipinski definition) is 6. The lowest BCUT2D eigenvalue weighted by Crippen LogP contribution is -2.64. The van der Waals surface area contributed by atoms with E-state index in [4.69, 9.17) is 18.5 Å². The molecule has 0 radical (unpaired) electrons. The first-order valence-corrected chi connectivity index (χ1v) is 18.8. The number of carbonyl (C=O) groups excluding carboxylic acids is 2. The fourth-order valence-electron chi connectivity index (χ4n) is 5.29. The predicted octanol–water partition coefficient (Wildman–Crippen LogP) is 4.21. The lowest BCUT2D eigenvalue weighted by atomic mass is 9.85. The summed E-state index contributed by atoms with van der Waals surface area (Å²) in [4.78, 5) is 34.9. The van der Waals surface area contributed by atoms with E-state index >= 15 is 0 Å². The van der Waals surface area contributed by atoms with Crippen LogP contribution < -0.4 is 0 Å². The van der Waals surface area contributed by atoms with Crippen molar-refractivity contribution < 1.29 is 63.1 Å². The summed E-state index contributed by atoms with van der Waals surface area (Å²) >= 11 is 0. The van der Waals surface area contributed by atoms with Crippen molar-refractivity contribution in [2.45, 2.75) is 179 Å². The van der Waals surface area contributed by atoms with E-state index in [1.54, 1.807) is 0 Å². The van der Waals surface area contributed by atoms with Crippen molar-refractivity contribution in [2.75, 3.05) is 13.2 Å². The zero-order chi connectivity index (χ0) is 34.4. The number of aliphatic hydroxyl groups excluding tert-OH is 5. The van der Waals surface area contributed by atoms with Gasteiger partial charge in [-0.05, 0) is 12.8 Å². The van der Waals surface area contributed by atoms with Gasteiger partial charge in [0, 0.05) is 12.8 Å². The second kappa shape index (κ2) is 24.9. The van der Waals surface area contributed by atoms with Crippen LogP contribution in [0.15, 0.2) is 0 Å². The Hall–Kier alpha value is -1.15. The Morgan fingerprint density at radius 2 is 0.978 bits per heavy atom. The minimum atomic E-state index is -5.09. The summed E-state index contributed by atoms with van der Waals surface area (Å²) in [6.45, 7) is 3.10. The van der Waals surface area contributed by atoms with E-state index in [0.717, 1.165) is 38.5 Å². The van der Waals surface area contributed by atoms with E-state index in [0.29, 0.717) is 12.8 Å². The van der Waals surface area contributed by atoms with Gasteiger partial charge in [-0.1, -0.05) is 110 Å². The summed E-state index contributed by atoms with van der Waals surface area (Å²) in [6.07, 6.45) is 5.56. The van der Waals surface area contributed by atoms with Gasteiger partial charge in [-0.15, -0.1) is 0 Å². The van der Waals surface area contributed by atoms with E-state index in [9.17, 15) is 44.6 Å². The predicted molar refractivity (Wildman–Crippen MR) is 171 cm³/mol. The van der Waals surface area contributed by atoms with Crippen LogP contribution in [-0.4, -0.2) is 98.3 Å². The van der Waals surface area contributed by atoms with Gasteiger partial charge in [-0.25, -0.2) is 4.57 Å². The molecule has 0 heterocycles. The zero-order valence-electron chi connectivity index (χ0n) is 27.9. The number of phosphoric acid groups is 1. The van der Waals surface area contributed by atoms with Gasteiger partial charge in [0.15, 0.2) is 6.10 Å². The largest absolute Gasteiger partial charge is 0.472 e. The molecule has 0 spiro atoms. The topological polar surface area (TPSA) is 210 Å². The lowest BCUT2D eigenvalue weighted by Gasteiger charge is -2.41. The fraction of sp³-hybridized carbons (Fsp3) is 0.938. The number of esters is 2. The SMILES string of the molecule is CCCCCCCCCCCCCCCC(=O)OC(COC(=O)CCCCCC)COP(=O)(O)OC1C(O)C(O)C(O)C(O)C1O. The normalized spacial score (nSPS) is 25.1. The third-order valence-corrected chi connectivity index (χ3v) is 9.18. The Balaban J connectivity index is 2.52. The van der Waals surface area contributed by atoms with E-state index in [-0.39, 0.29) is 12.8 Å². The molecule has 0 bridgehead atoms. The highest BCUT2D eigenvalue weighted by atomic mass is 31.2. The average molecular weight is 685 g/mol. The van der Waals surface area contributed by atoms with Crippen molar-refractivity contribution in [3.63, 3.8) is 0 Å². The number of rotatable bonds is 27. The smallest absolute Gasteiger partial charge is 0.462 e. The Morgan fingerprint density at radius 1 is 0.587 bits per heavy atom. The second-order valence-electron chi connectivity index (χ2n) is 12.4. The molecular formula is C32H61O13P. The Bertz CT molecular complexity index is 844. The highest BCUT2D eigenvalue weighted by Gasteiger charge is 2.51. The molecule has 46 heavy (non-hydrogen) atoms. The third-order valence-electron chi connectivity index (χ3n) is 8.20. The van der Waals surface area contributed by atoms with Crippen LogP contribution in [0.25, 0.3) is 0 Å². The van der Waals surface area contributed by atoms with Gasteiger partial charge >= 0.3 is 19.8 Å². The fourth-order valence-corrected chi connectivity index (χ4v) is 6.26. The molecule has 0 aromatic rings. The summed E-state index contributed by atoms with van der Waals surface area (Å²) in [5, 5.41) is 49.6. The van der Waals surface area contributed by atoms with E-state index in [1.165, 1.54) is 57.8 Å². The maximum Gasteiger partial charge on any atom is 0.472 e. The minimum absolute atomic E-state index is 0.102. The molecule has 6 atom stereocenters. The van der Waals surface area contributed by atoms with Crippen LogP contribution in [-0.2, 0) is 32.7 Å². The molecule has 1 fully saturated rings. The van der Waals surface area contributed by atoms with Crippen LogP contribution in [0.2, 0.25) is 0 Å². The summed E-state index contributed by atoms with van der Waals surface area (Å²) < 4.78 is 33.0. The van der Waals surface area contributed by atoms with Gasteiger partial charge in [0.2, 0.25) is 0 Å². The molecule has 0 aromatic carbocycles. The van der Waals surface area contributed by atoms with Crippen molar-refractivity contribution >= 4 is 19.8 Å². The standard InChI is InChI=1S/C32H61O13P/c1-3-5-7-9-10-11-12-13-14-15-16-17-19-21-26(34)44-24(22-42-25(33)20-18-8-6-4-2)23-43-46(40,41)45-32-30(38)28(36)27(35)29(37)31(32)39/h24,27-32,35-39H,3-23H2,1-2H3,(H,40,41). The Morgan fingerprint density at radius 3 is 1.46 bits per heavy atom. The van der Waals surface area contributed by atoms with Gasteiger partial charge in [0.05, 0.1) is 6.61 Å².